The number of anilines is 1. The number of nitrogens with one attached hydrogen (secondary N) is 2. The molecular formula is C16H13Cl2N3. The second kappa shape index (κ2) is 6.20. The summed E-state index contributed by atoms with van der Waals surface area (Å²) in [7, 11) is 0. The second-order valence-corrected chi connectivity index (χ2v) is 5.48. The van der Waals surface area contributed by atoms with E-state index in [2.05, 4.69) is 15.3 Å². The van der Waals surface area contributed by atoms with Crippen molar-refractivity contribution in [1.82, 2.24) is 9.97 Å². The number of aromatic nitrogens is 2. The fraction of sp³-hybridized carbons (Fsp3) is 0.0625. The van der Waals surface area contributed by atoms with Crippen LogP contribution in [-0.2, 0) is 6.54 Å². The summed E-state index contributed by atoms with van der Waals surface area (Å²) in [6, 6.07) is 13.6. The van der Waals surface area contributed by atoms with Crippen LogP contribution in [0.2, 0.25) is 10.0 Å². The van der Waals surface area contributed by atoms with E-state index in [0.29, 0.717) is 16.6 Å². The fourth-order valence-corrected chi connectivity index (χ4v) is 2.44. The van der Waals surface area contributed by atoms with Crippen LogP contribution in [0, 0.1) is 0 Å². The topological polar surface area (TPSA) is 40.7 Å². The van der Waals surface area contributed by atoms with Gasteiger partial charge >= 0.3 is 0 Å². The van der Waals surface area contributed by atoms with E-state index >= 15 is 0 Å². The molecule has 0 bridgehead atoms. The first-order chi connectivity index (χ1) is 10.2. The third-order valence-corrected chi connectivity index (χ3v) is 3.79. The summed E-state index contributed by atoms with van der Waals surface area (Å²) in [5.74, 6) is 0. The van der Waals surface area contributed by atoms with Crippen LogP contribution < -0.4 is 5.32 Å². The number of imidazole rings is 1. The number of H-pyrrole nitrogens is 1. The highest BCUT2D eigenvalue weighted by atomic mass is 35.5. The average Bonchev–Trinajstić information content (AvgIpc) is 3.03. The van der Waals surface area contributed by atoms with Crippen molar-refractivity contribution in [2.75, 3.05) is 5.32 Å². The van der Waals surface area contributed by atoms with Gasteiger partial charge in [-0.3, -0.25) is 0 Å². The average molecular weight is 318 g/mol. The van der Waals surface area contributed by atoms with Gasteiger partial charge in [-0.15, -0.1) is 0 Å². The third kappa shape index (κ3) is 3.38. The highest BCUT2D eigenvalue weighted by Crippen LogP contribution is 2.23. The van der Waals surface area contributed by atoms with Crippen molar-refractivity contribution < 1.29 is 0 Å². The maximum atomic E-state index is 6.15. The van der Waals surface area contributed by atoms with Gasteiger partial charge in [-0.1, -0.05) is 35.3 Å². The molecule has 5 heteroatoms. The number of aromatic amines is 1. The Morgan fingerprint density at radius 1 is 1.05 bits per heavy atom. The summed E-state index contributed by atoms with van der Waals surface area (Å²) in [6.07, 6.45) is 3.47. The molecule has 0 radical (unpaired) electrons. The van der Waals surface area contributed by atoms with Crippen LogP contribution in [0.4, 0.5) is 5.69 Å². The summed E-state index contributed by atoms with van der Waals surface area (Å²) in [6.45, 7) is 0.628. The van der Waals surface area contributed by atoms with Gasteiger partial charge in [0.15, 0.2) is 0 Å². The first-order valence-electron chi connectivity index (χ1n) is 6.49. The molecule has 1 heterocycles. The molecule has 0 aliphatic carbocycles. The number of benzene rings is 2. The Hall–Kier alpha value is -1.97. The molecule has 21 heavy (non-hydrogen) atoms. The van der Waals surface area contributed by atoms with E-state index in [1.165, 1.54) is 0 Å². The van der Waals surface area contributed by atoms with E-state index in [1.807, 2.05) is 36.4 Å². The van der Waals surface area contributed by atoms with Crippen LogP contribution >= 0.6 is 23.2 Å². The van der Waals surface area contributed by atoms with Crippen LogP contribution in [0.3, 0.4) is 0 Å². The highest BCUT2D eigenvalue weighted by molar-refractivity contribution is 6.33. The molecule has 0 unspecified atom stereocenters. The van der Waals surface area contributed by atoms with Gasteiger partial charge in [-0.25, -0.2) is 4.98 Å². The van der Waals surface area contributed by atoms with Crippen molar-refractivity contribution in [2.24, 2.45) is 0 Å². The lowest BCUT2D eigenvalue weighted by molar-refractivity contribution is 1.15. The minimum absolute atomic E-state index is 0.628. The summed E-state index contributed by atoms with van der Waals surface area (Å²) < 4.78 is 0. The summed E-state index contributed by atoms with van der Waals surface area (Å²) in [4.78, 5) is 7.10. The monoisotopic (exact) mass is 317 g/mol. The van der Waals surface area contributed by atoms with E-state index in [4.69, 9.17) is 23.2 Å². The summed E-state index contributed by atoms with van der Waals surface area (Å²) >= 11 is 12.1. The van der Waals surface area contributed by atoms with Gasteiger partial charge in [-0.2, -0.15) is 0 Å². The molecule has 3 aromatic rings. The quantitative estimate of drug-likeness (QED) is 0.711. The second-order valence-electron chi connectivity index (χ2n) is 4.63. The standard InChI is InChI=1S/C16H13Cl2N3/c17-13-3-6-15(18)12(7-13)8-20-14-4-1-11(2-5-14)16-9-19-10-21-16/h1-7,9-10,20H,8H2,(H,19,21). The Balaban J connectivity index is 1.70. The molecule has 3 nitrogen and oxygen atoms in total. The van der Waals surface area contributed by atoms with Gasteiger partial charge in [-0.05, 0) is 41.5 Å². The van der Waals surface area contributed by atoms with E-state index < -0.39 is 0 Å². The van der Waals surface area contributed by atoms with Gasteiger partial charge < -0.3 is 10.3 Å². The van der Waals surface area contributed by atoms with Crippen molar-refractivity contribution in [3.05, 3.63) is 70.6 Å². The van der Waals surface area contributed by atoms with Crippen LogP contribution in [0.15, 0.2) is 55.0 Å². The van der Waals surface area contributed by atoms with Gasteiger partial charge in [0, 0.05) is 22.3 Å². The normalized spacial score (nSPS) is 10.6. The zero-order valence-corrected chi connectivity index (χ0v) is 12.6. The lowest BCUT2D eigenvalue weighted by atomic mass is 10.1. The molecule has 0 fully saturated rings. The lowest BCUT2D eigenvalue weighted by Gasteiger charge is -2.09. The van der Waals surface area contributed by atoms with Crippen molar-refractivity contribution in [1.29, 1.82) is 0 Å². The SMILES string of the molecule is Clc1ccc(Cl)c(CNc2ccc(-c3cnc[nH]3)cc2)c1. The van der Waals surface area contributed by atoms with E-state index in [1.54, 1.807) is 18.6 Å². The van der Waals surface area contributed by atoms with Crippen LogP contribution in [0.5, 0.6) is 0 Å². The maximum absolute atomic E-state index is 6.15. The first kappa shape index (κ1) is 14.0. The first-order valence-corrected chi connectivity index (χ1v) is 7.24. The molecule has 1 aromatic heterocycles. The predicted molar refractivity (Wildman–Crippen MR) is 87.8 cm³/mol. The molecule has 2 N–H and O–H groups in total. The molecule has 0 amide bonds. The molecule has 0 saturated carbocycles. The third-order valence-electron chi connectivity index (χ3n) is 3.18. The molecule has 0 saturated heterocycles. The minimum Gasteiger partial charge on any atom is -0.381 e. The van der Waals surface area contributed by atoms with Crippen molar-refractivity contribution in [3.8, 4) is 11.3 Å². The molecule has 106 valence electrons. The highest BCUT2D eigenvalue weighted by Gasteiger charge is 2.02. The number of rotatable bonds is 4. The smallest absolute Gasteiger partial charge is 0.0924 e. The Morgan fingerprint density at radius 2 is 1.86 bits per heavy atom. The van der Waals surface area contributed by atoms with Gasteiger partial charge in [0.2, 0.25) is 0 Å². The maximum Gasteiger partial charge on any atom is 0.0924 e. The van der Waals surface area contributed by atoms with E-state index in [-0.39, 0.29) is 0 Å². The summed E-state index contributed by atoms with van der Waals surface area (Å²) in [5.41, 5.74) is 4.09. The molecular weight excluding hydrogens is 305 g/mol. The Bertz CT molecular complexity index is 722. The number of hydrogen-bond donors (Lipinski definition) is 2. The Kier molecular flexibility index (Phi) is 4.13. The van der Waals surface area contributed by atoms with Gasteiger partial charge in [0.25, 0.3) is 0 Å². The number of hydrogen-bond acceptors (Lipinski definition) is 2. The Labute approximate surface area is 132 Å². The van der Waals surface area contributed by atoms with Crippen LogP contribution in [-0.4, -0.2) is 9.97 Å². The van der Waals surface area contributed by atoms with E-state index in [0.717, 1.165) is 22.5 Å². The number of nitrogens with zero attached hydrogens (tertiary/aromatic N) is 1. The lowest BCUT2D eigenvalue weighted by Crippen LogP contribution is -2.00. The molecule has 2 aromatic carbocycles. The molecule has 0 atom stereocenters. The molecule has 3 rings (SSSR count). The molecule has 0 aliphatic rings. The zero-order valence-electron chi connectivity index (χ0n) is 11.1. The number of halogens is 2. The molecule has 0 spiro atoms. The van der Waals surface area contributed by atoms with Crippen LogP contribution in [0.1, 0.15) is 5.56 Å². The molecule has 0 aliphatic heterocycles. The van der Waals surface area contributed by atoms with Gasteiger partial charge in [0.1, 0.15) is 0 Å². The summed E-state index contributed by atoms with van der Waals surface area (Å²) in [5, 5.41) is 4.73. The predicted octanol–water partition coefficient (Wildman–Crippen LogP) is 5.00. The largest absolute Gasteiger partial charge is 0.381 e. The van der Waals surface area contributed by atoms with E-state index in [9.17, 15) is 0 Å². The van der Waals surface area contributed by atoms with Crippen molar-refractivity contribution in [3.63, 3.8) is 0 Å². The van der Waals surface area contributed by atoms with Gasteiger partial charge in [0.05, 0.1) is 18.2 Å². The van der Waals surface area contributed by atoms with Crippen molar-refractivity contribution in [2.45, 2.75) is 6.54 Å². The van der Waals surface area contributed by atoms with Crippen LogP contribution in [0.25, 0.3) is 11.3 Å². The fourth-order valence-electron chi connectivity index (χ4n) is 2.06. The minimum atomic E-state index is 0.628. The van der Waals surface area contributed by atoms with Crippen molar-refractivity contribution >= 4 is 28.9 Å². The zero-order chi connectivity index (χ0) is 14.7. The Morgan fingerprint density at radius 3 is 2.57 bits per heavy atom.